The summed E-state index contributed by atoms with van der Waals surface area (Å²) in [6.07, 6.45) is 0. The Morgan fingerprint density at radius 2 is 0.636 bits per heavy atom. The molecular formula is C28H6F12O4. The maximum absolute atomic E-state index is 15.0. The van der Waals surface area contributed by atoms with Crippen LogP contribution in [0.15, 0.2) is 36.4 Å². The molecule has 16 heteroatoms. The van der Waals surface area contributed by atoms with Crippen LogP contribution in [0.5, 0.6) is 11.5 Å². The standard InChI is InChI=1S/C28H6F12O4/c29-15-11-5-7(43-27(41)13-17(31)21(35)25(39)22(36)18(13)32)1-3-9(11)10-4-2-8(6-12(10)16(15)30)44-28(42)14-19(33)23(37)26(40)24(38)20(14)34/h1-6H. The molecule has 44 heavy (non-hydrogen) atoms. The van der Waals surface area contributed by atoms with Crippen molar-refractivity contribution in [2.75, 3.05) is 0 Å². The first kappa shape index (κ1) is 30.2. The number of carbonyl (C=O) groups is 2. The molecule has 0 N–H and O–H groups in total. The van der Waals surface area contributed by atoms with Crippen LogP contribution in [0.2, 0.25) is 0 Å². The number of rotatable bonds is 4. The summed E-state index contributed by atoms with van der Waals surface area (Å²) < 4.78 is 175. The fraction of sp³-hybridized carbons (Fsp3) is 0. The molecule has 0 radical (unpaired) electrons. The molecule has 5 aromatic carbocycles. The zero-order valence-electron chi connectivity index (χ0n) is 20.6. The largest absolute Gasteiger partial charge is 0.423 e. The van der Waals surface area contributed by atoms with Gasteiger partial charge in [-0.25, -0.2) is 62.3 Å². The summed E-state index contributed by atoms with van der Waals surface area (Å²) in [6, 6.07) is 5.02. The number of fused-ring (bicyclic) bond motifs is 3. The summed E-state index contributed by atoms with van der Waals surface area (Å²) in [7, 11) is 0. The maximum Gasteiger partial charge on any atom is 0.349 e. The third kappa shape index (κ3) is 4.62. The van der Waals surface area contributed by atoms with Crippen LogP contribution in [0.1, 0.15) is 20.7 Å². The quantitative estimate of drug-likeness (QED) is 0.0501. The molecular weight excluding hydrogens is 628 g/mol. The Morgan fingerprint density at radius 3 is 0.932 bits per heavy atom. The first-order valence-electron chi connectivity index (χ1n) is 11.5. The van der Waals surface area contributed by atoms with Gasteiger partial charge in [0.1, 0.15) is 22.6 Å². The van der Waals surface area contributed by atoms with Crippen LogP contribution in [-0.4, -0.2) is 11.9 Å². The maximum atomic E-state index is 15.0. The van der Waals surface area contributed by atoms with E-state index in [0.717, 1.165) is 24.3 Å². The minimum atomic E-state index is -2.54. The second-order valence-electron chi connectivity index (χ2n) is 8.71. The van der Waals surface area contributed by atoms with Crippen LogP contribution in [0.25, 0.3) is 21.5 Å². The molecule has 0 fully saturated rings. The van der Waals surface area contributed by atoms with Crippen LogP contribution in [0.4, 0.5) is 52.7 Å². The Morgan fingerprint density at radius 1 is 0.364 bits per heavy atom. The molecule has 0 bridgehead atoms. The SMILES string of the molecule is O=C(Oc1ccc2c(c1)c(F)c(F)c1cc(OC(=O)c3c(F)c(F)c(F)c(F)c3F)ccc12)c1c(F)c(F)c(F)c(F)c1F. The van der Waals surface area contributed by atoms with Gasteiger partial charge < -0.3 is 9.47 Å². The molecule has 0 aliphatic heterocycles. The van der Waals surface area contributed by atoms with Crippen molar-refractivity contribution in [3.05, 3.63) is 117 Å². The molecule has 4 nitrogen and oxygen atoms in total. The van der Waals surface area contributed by atoms with Gasteiger partial charge in [-0.3, -0.25) is 0 Å². The summed E-state index contributed by atoms with van der Waals surface area (Å²) in [5.41, 5.74) is -3.92. The minimum Gasteiger partial charge on any atom is -0.423 e. The molecule has 0 aliphatic carbocycles. The van der Waals surface area contributed by atoms with E-state index >= 15 is 8.78 Å². The summed E-state index contributed by atoms with van der Waals surface area (Å²) in [5.74, 6) is -33.8. The Kier molecular flexibility index (Phi) is 7.39. The van der Waals surface area contributed by atoms with Crippen LogP contribution in [0.3, 0.4) is 0 Å². The van der Waals surface area contributed by atoms with E-state index in [1.165, 1.54) is 0 Å². The third-order valence-electron chi connectivity index (χ3n) is 6.19. The lowest BCUT2D eigenvalue weighted by Gasteiger charge is -2.12. The van der Waals surface area contributed by atoms with Crippen molar-refractivity contribution < 1.29 is 71.7 Å². The average molecular weight is 634 g/mol. The summed E-state index contributed by atoms with van der Waals surface area (Å²) >= 11 is 0. The van der Waals surface area contributed by atoms with E-state index in [1.807, 2.05) is 0 Å². The molecule has 0 unspecified atom stereocenters. The Hall–Kier alpha value is -5.28. The van der Waals surface area contributed by atoms with E-state index in [4.69, 9.17) is 0 Å². The monoisotopic (exact) mass is 634 g/mol. The normalized spacial score (nSPS) is 11.4. The van der Waals surface area contributed by atoms with E-state index in [1.54, 1.807) is 0 Å². The number of esters is 2. The lowest BCUT2D eigenvalue weighted by Crippen LogP contribution is -2.17. The van der Waals surface area contributed by atoms with Crippen LogP contribution in [0, 0.1) is 69.8 Å². The van der Waals surface area contributed by atoms with Gasteiger partial charge in [0.25, 0.3) is 0 Å². The highest BCUT2D eigenvalue weighted by Crippen LogP contribution is 2.36. The molecule has 0 amide bonds. The van der Waals surface area contributed by atoms with Gasteiger partial charge in [-0.1, -0.05) is 0 Å². The van der Waals surface area contributed by atoms with E-state index in [-0.39, 0.29) is 10.8 Å². The molecule has 0 aliphatic rings. The number of carbonyl (C=O) groups excluding carboxylic acids is 2. The van der Waals surface area contributed by atoms with Crippen molar-refractivity contribution in [1.82, 2.24) is 0 Å². The van der Waals surface area contributed by atoms with Gasteiger partial charge in [0, 0.05) is 10.8 Å². The average Bonchev–Trinajstić information content (AvgIpc) is 2.99. The second-order valence-corrected chi connectivity index (χ2v) is 8.71. The predicted octanol–water partition coefficient (Wildman–Crippen LogP) is 8.10. The molecule has 0 spiro atoms. The topological polar surface area (TPSA) is 52.6 Å². The summed E-state index contributed by atoms with van der Waals surface area (Å²) in [4.78, 5) is 24.4. The first-order chi connectivity index (χ1) is 20.6. The smallest absolute Gasteiger partial charge is 0.349 e. The zero-order valence-corrected chi connectivity index (χ0v) is 20.6. The molecule has 0 saturated heterocycles. The highest BCUT2D eigenvalue weighted by Gasteiger charge is 2.32. The zero-order chi connectivity index (χ0) is 32.4. The third-order valence-corrected chi connectivity index (χ3v) is 6.19. The van der Waals surface area contributed by atoms with Crippen LogP contribution < -0.4 is 9.47 Å². The van der Waals surface area contributed by atoms with E-state index in [2.05, 4.69) is 9.47 Å². The highest BCUT2D eigenvalue weighted by molar-refractivity contribution is 6.09. The van der Waals surface area contributed by atoms with Gasteiger partial charge in [-0.15, -0.1) is 0 Å². The van der Waals surface area contributed by atoms with Gasteiger partial charge in [0.2, 0.25) is 11.6 Å². The van der Waals surface area contributed by atoms with E-state index < -0.39 is 115 Å². The molecule has 226 valence electrons. The Bertz CT molecular complexity index is 1890. The van der Waals surface area contributed by atoms with Crippen molar-refractivity contribution in [1.29, 1.82) is 0 Å². The summed E-state index contributed by atoms with van der Waals surface area (Å²) in [6.45, 7) is 0. The van der Waals surface area contributed by atoms with E-state index in [9.17, 15) is 53.5 Å². The minimum absolute atomic E-state index is 0.146. The van der Waals surface area contributed by atoms with Gasteiger partial charge in [0.05, 0.1) is 0 Å². The van der Waals surface area contributed by atoms with Crippen molar-refractivity contribution >= 4 is 33.5 Å². The number of hydrogen-bond donors (Lipinski definition) is 0. The Labute approximate surface area is 234 Å². The molecule has 0 heterocycles. The number of benzene rings is 5. The Balaban J connectivity index is 1.51. The number of hydrogen-bond acceptors (Lipinski definition) is 4. The molecule has 0 aromatic heterocycles. The lowest BCUT2D eigenvalue weighted by molar-refractivity contribution is 0.0711. The molecule has 5 aromatic rings. The predicted molar refractivity (Wildman–Crippen MR) is 124 cm³/mol. The van der Waals surface area contributed by atoms with Crippen molar-refractivity contribution in [2.45, 2.75) is 0 Å². The second kappa shape index (κ2) is 10.8. The fourth-order valence-corrected chi connectivity index (χ4v) is 4.13. The number of halogens is 12. The van der Waals surface area contributed by atoms with Crippen molar-refractivity contribution in [2.24, 2.45) is 0 Å². The highest BCUT2D eigenvalue weighted by atomic mass is 19.2. The van der Waals surface area contributed by atoms with Crippen molar-refractivity contribution in [3.8, 4) is 11.5 Å². The van der Waals surface area contributed by atoms with Gasteiger partial charge >= 0.3 is 11.9 Å². The summed E-state index contributed by atoms with van der Waals surface area (Å²) in [5, 5.41) is -1.56. The fourth-order valence-electron chi connectivity index (χ4n) is 4.13. The van der Waals surface area contributed by atoms with Gasteiger partial charge in [-0.2, -0.15) is 0 Å². The van der Waals surface area contributed by atoms with Crippen LogP contribution >= 0.6 is 0 Å². The van der Waals surface area contributed by atoms with E-state index in [0.29, 0.717) is 12.1 Å². The van der Waals surface area contributed by atoms with Crippen LogP contribution in [-0.2, 0) is 0 Å². The number of ether oxygens (including phenoxy) is 2. The molecule has 5 rings (SSSR count). The van der Waals surface area contributed by atoms with Gasteiger partial charge in [-0.05, 0) is 47.2 Å². The molecule has 0 atom stereocenters. The van der Waals surface area contributed by atoms with Crippen molar-refractivity contribution in [3.63, 3.8) is 0 Å². The van der Waals surface area contributed by atoms with Gasteiger partial charge in [0.15, 0.2) is 58.2 Å². The molecule has 0 saturated carbocycles. The lowest BCUT2D eigenvalue weighted by atomic mass is 10.00. The first-order valence-corrected chi connectivity index (χ1v) is 11.5.